The molecule has 1 aliphatic carbocycles. The van der Waals surface area contributed by atoms with E-state index in [1.807, 2.05) is 19.1 Å². The summed E-state index contributed by atoms with van der Waals surface area (Å²) in [5, 5.41) is 9.51. The van der Waals surface area contributed by atoms with Crippen molar-refractivity contribution in [2.75, 3.05) is 11.4 Å². The first-order chi connectivity index (χ1) is 8.22. The molecule has 2 heteroatoms. The third kappa shape index (κ3) is 2.81. The maximum Gasteiger partial charge on any atom is 0.0761 e. The molecule has 1 saturated carbocycles. The van der Waals surface area contributed by atoms with Gasteiger partial charge in [0, 0.05) is 18.3 Å². The molecule has 0 bridgehead atoms. The topological polar surface area (TPSA) is 23.5 Å². The van der Waals surface area contributed by atoms with Gasteiger partial charge >= 0.3 is 0 Å². The molecule has 1 atom stereocenters. The van der Waals surface area contributed by atoms with Gasteiger partial charge in [0.15, 0.2) is 0 Å². The van der Waals surface area contributed by atoms with Crippen LogP contribution in [0.25, 0.3) is 0 Å². The van der Waals surface area contributed by atoms with Crippen LogP contribution in [0.1, 0.15) is 51.2 Å². The molecule has 0 aromatic heterocycles. The Labute approximate surface area is 104 Å². The zero-order valence-corrected chi connectivity index (χ0v) is 10.9. The number of rotatable bonds is 4. The number of benzene rings is 1. The first-order valence-electron chi connectivity index (χ1n) is 6.77. The Balaban J connectivity index is 2.13. The van der Waals surface area contributed by atoms with Crippen LogP contribution >= 0.6 is 0 Å². The molecule has 1 N–H and O–H groups in total. The predicted octanol–water partition coefficient (Wildman–Crippen LogP) is 3.51. The lowest BCUT2D eigenvalue weighted by Crippen LogP contribution is -2.32. The summed E-state index contributed by atoms with van der Waals surface area (Å²) in [5.74, 6) is 0. The van der Waals surface area contributed by atoms with E-state index in [1.165, 1.54) is 31.4 Å². The standard InChI is InChI=1S/C15H23NO/c1-3-16(14-6-4-5-7-14)15-10-8-13(9-11-15)12(2)17/h8-12,14,17H,3-7H2,1-2H3/t12-/m1/s1. The summed E-state index contributed by atoms with van der Waals surface area (Å²) in [6.45, 7) is 5.10. The summed E-state index contributed by atoms with van der Waals surface area (Å²) in [7, 11) is 0. The highest BCUT2D eigenvalue weighted by molar-refractivity contribution is 5.49. The number of aliphatic hydroxyl groups is 1. The highest BCUT2D eigenvalue weighted by atomic mass is 16.3. The highest BCUT2D eigenvalue weighted by Gasteiger charge is 2.21. The summed E-state index contributed by atoms with van der Waals surface area (Å²) in [5.41, 5.74) is 2.29. The van der Waals surface area contributed by atoms with E-state index in [9.17, 15) is 5.11 Å². The van der Waals surface area contributed by atoms with Crippen LogP contribution in [-0.2, 0) is 0 Å². The van der Waals surface area contributed by atoms with Crippen LogP contribution < -0.4 is 4.90 Å². The first kappa shape index (κ1) is 12.4. The fourth-order valence-electron chi connectivity index (χ4n) is 2.81. The van der Waals surface area contributed by atoms with Crippen molar-refractivity contribution in [3.8, 4) is 0 Å². The zero-order chi connectivity index (χ0) is 12.3. The lowest BCUT2D eigenvalue weighted by molar-refractivity contribution is 0.199. The van der Waals surface area contributed by atoms with Crippen molar-refractivity contribution in [3.63, 3.8) is 0 Å². The van der Waals surface area contributed by atoms with E-state index in [4.69, 9.17) is 0 Å². The Morgan fingerprint density at radius 2 is 1.82 bits per heavy atom. The molecule has 0 saturated heterocycles. The zero-order valence-electron chi connectivity index (χ0n) is 10.9. The Kier molecular flexibility index (Phi) is 4.06. The summed E-state index contributed by atoms with van der Waals surface area (Å²) in [6, 6.07) is 9.08. The lowest BCUT2D eigenvalue weighted by Gasteiger charge is -2.30. The normalized spacial score (nSPS) is 18.3. The van der Waals surface area contributed by atoms with Gasteiger partial charge in [-0.2, -0.15) is 0 Å². The van der Waals surface area contributed by atoms with E-state index >= 15 is 0 Å². The highest BCUT2D eigenvalue weighted by Crippen LogP contribution is 2.28. The summed E-state index contributed by atoms with van der Waals surface area (Å²) in [4.78, 5) is 2.50. The van der Waals surface area contributed by atoms with Crippen molar-refractivity contribution in [1.82, 2.24) is 0 Å². The maximum absolute atomic E-state index is 9.51. The number of hydrogen-bond acceptors (Lipinski definition) is 2. The molecular weight excluding hydrogens is 210 g/mol. The van der Waals surface area contributed by atoms with Crippen LogP contribution in [0.2, 0.25) is 0 Å². The van der Waals surface area contributed by atoms with Crippen LogP contribution in [0.3, 0.4) is 0 Å². The second-order valence-electron chi connectivity index (χ2n) is 4.99. The molecule has 94 valence electrons. The van der Waals surface area contributed by atoms with Crippen molar-refractivity contribution < 1.29 is 5.11 Å². The smallest absolute Gasteiger partial charge is 0.0761 e. The summed E-state index contributed by atoms with van der Waals surface area (Å²) >= 11 is 0. The van der Waals surface area contributed by atoms with Crippen LogP contribution in [-0.4, -0.2) is 17.7 Å². The predicted molar refractivity (Wildman–Crippen MR) is 72.4 cm³/mol. The molecule has 2 nitrogen and oxygen atoms in total. The molecule has 0 amide bonds. The van der Waals surface area contributed by atoms with Crippen LogP contribution in [0.5, 0.6) is 0 Å². The van der Waals surface area contributed by atoms with E-state index in [0.29, 0.717) is 0 Å². The van der Waals surface area contributed by atoms with E-state index in [-0.39, 0.29) is 6.10 Å². The van der Waals surface area contributed by atoms with Crippen molar-refractivity contribution in [2.24, 2.45) is 0 Å². The molecule has 0 unspecified atom stereocenters. The molecule has 2 rings (SSSR count). The van der Waals surface area contributed by atoms with Crippen molar-refractivity contribution in [3.05, 3.63) is 29.8 Å². The molecule has 1 aromatic carbocycles. The maximum atomic E-state index is 9.51. The minimum absolute atomic E-state index is 0.370. The van der Waals surface area contributed by atoms with Gasteiger partial charge in [0.05, 0.1) is 6.10 Å². The Morgan fingerprint density at radius 1 is 1.24 bits per heavy atom. The lowest BCUT2D eigenvalue weighted by atomic mass is 10.1. The van der Waals surface area contributed by atoms with E-state index in [2.05, 4.69) is 24.0 Å². The van der Waals surface area contributed by atoms with Gasteiger partial charge in [-0.05, 0) is 44.4 Å². The average molecular weight is 233 g/mol. The van der Waals surface area contributed by atoms with Gasteiger partial charge in [-0.15, -0.1) is 0 Å². The SMILES string of the molecule is CCN(c1ccc([C@@H](C)O)cc1)C1CCCC1. The number of anilines is 1. The number of aliphatic hydroxyl groups excluding tert-OH is 1. The average Bonchev–Trinajstić information content (AvgIpc) is 2.84. The van der Waals surface area contributed by atoms with Gasteiger partial charge < -0.3 is 10.0 Å². The monoisotopic (exact) mass is 233 g/mol. The van der Waals surface area contributed by atoms with E-state index in [1.54, 1.807) is 0 Å². The van der Waals surface area contributed by atoms with Crippen molar-refractivity contribution >= 4 is 5.69 Å². The van der Waals surface area contributed by atoms with E-state index < -0.39 is 0 Å². The molecule has 0 spiro atoms. The fraction of sp³-hybridized carbons (Fsp3) is 0.600. The third-order valence-electron chi connectivity index (χ3n) is 3.81. The summed E-state index contributed by atoms with van der Waals surface area (Å²) < 4.78 is 0. The second kappa shape index (κ2) is 5.54. The van der Waals surface area contributed by atoms with Gasteiger partial charge in [-0.25, -0.2) is 0 Å². The molecule has 1 aliphatic rings. The fourth-order valence-corrected chi connectivity index (χ4v) is 2.81. The van der Waals surface area contributed by atoms with Crippen molar-refractivity contribution in [2.45, 2.75) is 51.7 Å². The molecule has 0 heterocycles. The molecule has 17 heavy (non-hydrogen) atoms. The van der Waals surface area contributed by atoms with Crippen LogP contribution in [0.15, 0.2) is 24.3 Å². The van der Waals surface area contributed by atoms with Gasteiger partial charge in [0.25, 0.3) is 0 Å². The molecule has 1 aromatic rings. The third-order valence-corrected chi connectivity index (χ3v) is 3.81. The minimum Gasteiger partial charge on any atom is -0.389 e. The van der Waals surface area contributed by atoms with Crippen LogP contribution in [0.4, 0.5) is 5.69 Å². The van der Waals surface area contributed by atoms with Gasteiger partial charge in [0.2, 0.25) is 0 Å². The largest absolute Gasteiger partial charge is 0.389 e. The van der Waals surface area contributed by atoms with Gasteiger partial charge in [-0.3, -0.25) is 0 Å². The molecule has 0 aliphatic heterocycles. The molecule has 1 fully saturated rings. The van der Waals surface area contributed by atoms with Gasteiger partial charge in [-0.1, -0.05) is 25.0 Å². The Hall–Kier alpha value is -1.02. The van der Waals surface area contributed by atoms with Gasteiger partial charge in [0.1, 0.15) is 0 Å². The molecular formula is C15H23NO. The van der Waals surface area contributed by atoms with Crippen molar-refractivity contribution in [1.29, 1.82) is 0 Å². The Morgan fingerprint density at radius 3 is 2.29 bits per heavy atom. The Bertz CT molecular complexity index is 338. The minimum atomic E-state index is -0.370. The number of hydrogen-bond donors (Lipinski definition) is 1. The quantitative estimate of drug-likeness (QED) is 0.860. The molecule has 0 radical (unpaired) electrons. The first-order valence-corrected chi connectivity index (χ1v) is 6.77. The number of nitrogens with zero attached hydrogens (tertiary/aromatic N) is 1. The van der Waals surface area contributed by atoms with E-state index in [0.717, 1.165) is 18.2 Å². The summed E-state index contributed by atoms with van der Waals surface area (Å²) in [6.07, 6.45) is 5.02. The second-order valence-corrected chi connectivity index (χ2v) is 4.99. The van der Waals surface area contributed by atoms with Crippen LogP contribution in [0, 0.1) is 0 Å².